The van der Waals surface area contributed by atoms with Gasteiger partial charge in [0.25, 0.3) is 0 Å². The number of hydrogen-bond donors (Lipinski definition) is 1. The minimum Gasteiger partial charge on any atom is -0.492 e. The van der Waals surface area contributed by atoms with Crippen molar-refractivity contribution in [2.24, 2.45) is 5.92 Å². The first-order valence-electron chi connectivity index (χ1n) is 8.47. The third-order valence-electron chi connectivity index (χ3n) is 4.26. The van der Waals surface area contributed by atoms with Crippen molar-refractivity contribution in [3.05, 3.63) is 30.1 Å². The maximum atomic E-state index is 13.0. The number of carbonyl (C=O) groups is 1. The molecule has 2 rings (SSSR count). The summed E-state index contributed by atoms with van der Waals surface area (Å²) in [6, 6.07) is 6.08. The van der Waals surface area contributed by atoms with Gasteiger partial charge in [0.1, 0.15) is 18.2 Å². The molecule has 1 aromatic carbocycles. The maximum Gasteiger partial charge on any atom is 0.234 e. The van der Waals surface area contributed by atoms with Gasteiger partial charge < -0.3 is 10.1 Å². The lowest BCUT2D eigenvalue weighted by atomic mass is 9.89. The molecule has 4 nitrogen and oxygen atoms in total. The van der Waals surface area contributed by atoms with Crippen LogP contribution in [-0.4, -0.2) is 44.1 Å². The van der Waals surface area contributed by atoms with Gasteiger partial charge in [-0.3, -0.25) is 9.69 Å². The quantitative estimate of drug-likeness (QED) is 0.800. The molecule has 0 heterocycles. The van der Waals surface area contributed by atoms with Gasteiger partial charge in [-0.15, -0.1) is 0 Å². The third kappa shape index (κ3) is 6.99. The summed E-state index contributed by atoms with van der Waals surface area (Å²) in [6.07, 6.45) is 6.38. The molecule has 0 aromatic heterocycles. The van der Waals surface area contributed by atoms with Gasteiger partial charge in [0, 0.05) is 19.2 Å². The number of likely N-dealkylation sites (N-methyl/N-ethyl adjacent to an activating group) is 1. The summed E-state index contributed by atoms with van der Waals surface area (Å²) in [5.41, 5.74) is 0. The van der Waals surface area contributed by atoms with Gasteiger partial charge in [0.15, 0.2) is 0 Å². The Morgan fingerprint density at radius 1 is 1.35 bits per heavy atom. The minimum atomic E-state index is -0.307. The molecule has 0 unspecified atom stereocenters. The first kappa shape index (κ1) is 17.7. The number of rotatable bonds is 8. The molecule has 128 valence electrons. The second kappa shape index (κ2) is 9.50. The molecule has 0 bridgehead atoms. The van der Waals surface area contributed by atoms with Gasteiger partial charge in [-0.05, 0) is 37.9 Å². The van der Waals surface area contributed by atoms with Crippen LogP contribution in [0, 0.1) is 11.7 Å². The summed E-state index contributed by atoms with van der Waals surface area (Å²) in [6.45, 7) is 2.20. The molecule has 1 fully saturated rings. The molecule has 0 aliphatic heterocycles. The lowest BCUT2D eigenvalue weighted by molar-refractivity contribution is -0.122. The third-order valence-corrected chi connectivity index (χ3v) is 4.26. The topological polar surface area (TPSA) is 41.6 Å². The van der Waals surface area contributed by atoms with Crippen molar-refractivity contribution in [1.82, 2.24) is 10.2 Å². The van der Waals surface area contributed by atoms with Gasteiger partial charge in [-0.1, -0.05) is 25.3 Å². The van der Waals surface area contributed by atoms with Crippen LogP contribution in [0.1, 0.15) is 32.1 Å². The Kier molecular flexibility index (Phi) is 7.33. The standard InChI is InChI=1S/C18H27FN2O2/c1-21(10-11-23-17-9-5-8-16(19)12-17)14-18(22)20-13-15-6-3-2-4-7-15/h5,8-9,12,15H,2-4,6-7,10-11,13-14H2,1H3,(H,20,22). The van der Waals surface area contributed by atoms with Crippen molar-refractivity contribution in [1.29, 1.82) is 0 Å². The number of carbonyl (C=O) groups excluding carboxylic acids is 1. The van der Waals surface area contributed by atoms with Crippen LogP contribution in [0.25, 0.3) is 0 Å². The van der Waals surface area contributed by atoms with Crippen LogP contribution >= 0.6 is 0 Å². The highest BCUT2D eigenvalue weighted by Gasteiger charge is 2.14. The van der Waals surface area contributed by atoms with Gasteiger partial charge in [-0.2, -0.15) is 0 Å². The Hall–Kier alpha value is -1.62. The van der Waals surface area contributed by atoms with E-state index < -0.39 is 0 Å². The summed E-state index contributed by atoms with van der Waals surface area (Å²) in [7, 11) is 1.88. The van der Waals surface area contributed by atoms with Gasteiger partial charge in [0.2, 0.25) is 5.91 Å². The second-order valence-corrected chi connectivity index (χ2v) is 6.35. The fraction of sp³-hybridized carbons (Fsp3) is 0.611. The molecule has 1 saturated carbocycles. The Labute approximate surface area is 138 Å². The lowest BCUT2D eigenvalue weighted by Crippen LogP contribution is -2.39. The second-order valence-electron chi connectivity index (χ2n) is 6.35. The number of ether oxygens (including phenoxy) is 1. The number of hydrogen-bond acceptors (Lipinski definition) is 3. The van der Waals surface area contributed by atoms with E-state index in [-0.39, 0.29) is 11.7 Å². The van der Waals surface area contributed by atoms with Crippen molar-refractivity contribution in [3.8, 4) is 5.75 Å². The van der Waals surface area contributed by atoms with E-state index in [2.05, 4.69) is 5.32 Å². The highest BCUT2D eigenvalue weighted by atomic mass is 19.1. The van der Waals surface area contributed by atoms with Crippen molar-refractivity contribution in [2.45, 2.75) is 32.1 Å². The largest absolute Gasteiger partial charge is 0.492 e. The molecular weight excluding hydrogens is 295 g/mol. The highest BCUT2D eigenvalue weighted by Crippen LogP contribution is 2.22. The molecular formula is C18H27FN2O2. The molecule has 0 spiro atoms. The maximum absolute atomic E-state index is 13.0. The van der Waals surface area contributed by atoms with Crippen LogP contribution in [0.15, 0.2) is 24.3 Å². The normalized spacial score (nSPS) is 15.6. The molecule has 23 heavy (non-hydrogen) atoms. The molecule has 0 radical (unpaired) electrons. The number of nitrogens with one attached hydrogen (secondary N) is 1. The monoisotopic (exact) mass is 322 g/mol. The van der Waals surface area contributed by atoms with Crippen LogP contribution in [0.3, 0.4) is 0 Å². The SMILES string of the molecule is CN(CCOc1cccc(F)c1)CC(=O)NCC1CCCCC1. The highest BCUT2D eigenvalue weighted by molar-refractivity contribution is 5.77. The Morgan fingerprint density at radius 3 is 2.87 bits per heavy atom. The summed E-state index contributed by atoms with van der Waals surface area (Å²) in [5.74, 6) is 0.913. The van der Waals surface area contributed by atoms with Crippen molar-refractivity contribution < 1.29 is 13.9 Å². The lowest BCUT2D eigenvalue weighted by Gasteiger charge is -2.22. The summed E-state index contributed by atoms with van der Waals surface area (Å²) >= 11 is 0. The van der Waals surface area contributed by atoms with E-state index in [0.29, 0.717) is 31.4 Å². The van der Waals surface area contributed by atoms with E-state index >= 15 is 0 Å². The molecule has 1 aliphatic carbocycles. The average Bonchev–Trinajstić information content (AvgIpc) is 2.54. The van der Waals surface area contributed by atoms with Gasteiger partial charge >= 0.3 is 0 Å². The fourth-order valence-corrected chi connectivity index (χ4v) is 2.91. The van der Waals surface area contributed by atoms with Crippen LogP contribution in [0.2, 0.25) is 0 Å². The van der Waals surface area contributed by atoms with E-state index in [9.17, 15) is 9.18 Å². The van der Waals surface area contributed by atoms with Crippen molar-refractivity contribution in [3.63, 3.8) is 0 Å². The molecule has 1 N–H and O–H groups in total. The molecule has 0 saturated heterocycles. The van der Waals surface area contributed by atoms with Crippen LogP contribution in [0.4, 0.5) is 4.39 Å². The van der Waals surface area contributed by atoms with E-state index in [1.807, 2.05) is 11.9 Å². The number of amides is 1. The Morgan fingerprint density at radius 2 is 2.13 bits per heavy atom. The fourth-order valence-electron chi connectivity index (χ4n) is 2.91. The first-order valence-corrected chi connectivity index (χ1v) is 8.47. The molecule has 1 aliphatic rings. The predicted molar refractivity (Wildman–Crippen MR) is 89.0 cm³/mol. The average molecular weight is 322 g/mol. The van der Waals surface area contributed by atoms with Crippen LogP contribution in [0.5, 0.6) is 5.75 Å². The molecule has 5 heteroatoms. The molecule has 1 amide bonds. The number of nitrogens with zero attached hydrogens (tertiary/aromatic N) is 1. The summed E-state index contributed by atoms with van der Waals surface area (Å²) in [5, 5.41) is 3.03. The zero-order chi connectivity index (χ0) is 16.5. The van der Waals surface area contributed by atoms with Gasteiger partial charge in [-0.25, -0.2) is 4.39 Å². The summed E-state index contributed by atoms with van der Waals surface area (Å²) < 4.78 is 18.5. The van der Waals surface area contributed by atoms with Crippen molar-refractivity contribution in [2.75, 3.05) is 33.3 Å². The van der Waals surface area contributed by atoms with E-state index in [1.165, 1.54) is 44.2 Å². The van der Waals surface area contributed by atoms with E-state index in [4.69, 9.17) is 4.74 Å². The van der Waals surface area contributed by atoms with E-state index in [1.54, 1.807) is 12.1 Å². The zero-order valence-electron chi connectivity index (χ0n) is 13.9. The summed E-state index contributed by atoms with van der Waals surface area (Å²) in [4.78, 5) is 13.8. The van der Waals surface area contributed by atoms with Crippen LogP contribution < -0.4 is 10.1 Å². The van der Waals surface area contributed by atoms with Crippen molar-refractivity contribution >= 4 is 5.91 Å². The predicted octanol–water partition coefficient (Wildman–Crippen LogP) is 2.83. The zero-order valence-corrected chi connectivity index (χ0v) is 13.9. The smallest absolute Gasteiger partial charge is 0.234 e. The van der Waals surface area contributed by atoms with Gasteiger partial charge in [0.05, 0.1) is 6.54 Å². The number of halogens is 1. The van der Waals surface area contributed by atoms with E-state index in [0.717, 1.165) is 6.54 Å². The first-order chi connectivity index (χ1) is 11.1. The Bertz CT molecular complexity index is 490. The Balaban J connectivity index is 1.58. The minimum absolute atomic E-state index is 0.0591. The molecule has 1 aromatic rings. The van der Waals surface area contributed by atoms with Crippen LogP contribution in [-0.2, 0) is 4.79 Å². The molecule has 0 atom stereocenters. The number of benzene rings is 1.